The fraction of sp³-hybridized carbons (Fsp3) is 0.600. The zero-order valence-electron chi connectivity index (χ0n) is 12.6. The molecule has 1 aromatic heterocycles. The summed E-state index contributed by atoms with van der Waals surface area (Å²) in [6.07, 6.45) is 3.42. The van der Waals surface area contributed by atoms with Crippen LogP contribution in [0.15, 0.2) is 12.1 Å². The van der Waals surface area contributed by atoms with Gasteiger partial charge in [-0.2, -0.15) is 0 Å². The Balaban J connectivity index is 2.03. The maximum absolute atomic E-state index is 12.5. The molecule has 1 aromatic rings. The molecule has 0 spiro atoms. The fourth-order valence-corrected chi connectivity index (χ4v) is 2.66. The third-order valence-electron chi connectivity index (χ3n) is 3.50. The number of amides is 1. The molecule has 1 N–H and O–H groups in total. The Kier molecular flexibility index (Phi) is 5.82. The molecular weight excluding hydrogens is 290 g/mol. The molecule has 6 heteroatoms. The smallest absolute Gasteiger partial charge is 0.253 e. The number of likely N-dealkylation sites (N-methyl/N-ethyl adjacent to an activating group) is 1. The molecular formula is C15H22ClN3O2. The molecule has 1 atom stereocenters. The van der Waals surface area contributed by atoms with Crippen molar-refractivity contribution in [2.24, 2.45) is 0 Å². The van der Waals surface area contributed by atoms with Gasteiger partial charge in [0.15, 0.2) is 0 Å². The van der Waals surface area contributed by atoms with Gasteiger partial charge in [-0.1, -0.05) is 11.6 Å². The first-order valence-electron chi connectivity index (χ1n) is 7.38. The van der Waals surface area contributed by atoms with Gasteiger partial charge in [-0.25, -0.2) is 4.98 Å². The number of aromatic nitrogens is 1. The summed E-state index contributed by atoms with van der Waals surface area (Å²) in [4.78, 5) is 18.3. The maximum atomic E-state index is 12.5. The van der Waals surface area contributed by atoms with E-state index in [-0.39, 0.29) is 12.0 Å². The van der Waals surface area contributed by atoms with Gasteiger partial charge in [-0.05, 0) is 38.3 Å². The van der Waals surface area contributed by atoms with Gasteiger partial charge in [-0.3, -0.25) is 4.79 Å². The highest BCUT2D eigenvalue weighted by atomic mass is 35.5. The fourth-order valence-electron chi connectivity index (χ4n) is 2.45. The predicted molar refractivity (Wildman–Crippen MR) is 84.0 cm³/mol. The molecule has 0 aromatic carbocycles. The average Bonchev–Trinajstić information content (AvgIpc) is 2.47. The Bertz CT molecular complexity index is 490. The van der Waals surface area contributed by atoms with Crippen LogP contribution in [0.2, 0.25) is 5.15 Å². The molecule has 116 valence electrons. The van der Waals surface area contributed by atoms with E-state index in [1.54, 1.807) is 24.1 Å². The molecule has 1 unspecified atom stereocenters. The molecule has 0 bridgehead atoms. The van der Waals surface area contributed by atoms with Gasteiger partial charge < -0.3 is 15.0 Å². The van der Waals surface area contributed by atoms with Crippen LogP contribution in [0, 0.1) is 0 Å². The largest absolute Gasteiger partial charge is 0.376 e. The van der Waals surface area contributed by atoms with Crippen LogP contribution >= 0.6 is 11.6 Å². The number of nitrogens with zero attached hydrogens (tertiary/aromatic N) is 2. The Labute approximate surface area is 130 Å². The van der Waals surface area contributed by atoms with Crippen LogP contribution in [-0.2, 0) is 4.74 Å². The molecule has 21 heavy (non-hydrogen) atoms. The molecule has 0 radical (unpaired) electrons. The van der Waals surface area contributed by atoms with E-state index in [1.165, 1.54) is 6.42 Å². The van der Waals surface area contributed by atoms with E-state index in [0.717, 1.165) is 26.0 Å². The Morgan fingerprint density at radius 2 is 2.33 bits per heavy atom. The van der Waals surface area contributed by atoms with Gasteiger partial charge in [-0.15, -0.1) is 0 Å². The second-order valence-electron chi connectivity index (χ2n) is 5.27. The van der Waals surface area contributed by atoms with E-state index in [2.05, 4.69) is 10.3 Å². The van der Waals surface area contributed by atoms with E-state index < -0.39 is 0 Å². The lowest BCUT2D eigenvalue weighted by atomic mass is 10.1. The number of ether oxygens (including phenoxy) is 1. The zero-order valence-corrected chi connectivity index (χ0v) is 13.3. The molecule has 2 rings (SSSR count). The van der Waals surface area contributed by atoms with Gasteiger partial charge in [0.2, 0.25) is 0 Å². The van der Waals surface area contributed by atoms with Gasteiger partial charge >= 0.3 is 0 Å². The molecule has 1 aliphatic heterocycles. The van der Waals surface area contributed by atoms with Gasteiger partial charge in [0, 0.05) is 32.3 Å². The number of hydrogen-bond acceptors (Lipinski definition) is 4. The van der Waals surface area contributed by atoms with Crippen molar-refractivity contribution < 1.29 is 9.53 Å². The summed E-state index contributed by atoms with van der Waals surface area (Å²) in [5, 5.41) is 3.39. The third kappa shape index (κ3) is 4.58. The molecule has 1 aliphatic rings. The molecule has 1 amide bonds. The Morgan fingerprint density at radius 1 is 1.52 bits per heavy atom. The molecule has 0 aliphatic carbocycles. The van der Waals surface area contributed by atoms with Crippen molar-refractivity contribution in [1.82, 2.24) is 9.88 Å². The minimum atomic E-state index is -0.0624. The number of anilines is 1. The van der Waals surface area contributed by atoms with Crippen molar-refractivity contribution in [3.63, 3.8) is 0 Å². The first-order valence-corrected chi connectivity index (χ1v) is 7.76. The lowest BCUT2D eigenvalue weighted by Crippen LogP contribution is -2.37. The van der Waals surface area contributed by atoms with Gasteiger partial charge in [0.1, 0.15) is 11.0 Å². The monoisotopic (exact) mass is 311 g/mol. The SMILES string of the molecule is CCNc1cc(C(=O)N(C)CC2CCCCO2)cc(Cl)n1. The first-order chi connectivity index (χ1) is 10.1. The lowest BCUT2D eigenvalue weighted by molar-refractivity contribution is -0.000187. The molecule has 1 fully saturated rings. The summed E-state index contributed by atoms with van der Waals surface area (Å²) in [7, 11) is 1.79. The number of rotatable bonds is 5. The van der Waals surface area contributed by atoms with E-state index in [1.807, 2.05) is 6.92 Å². The maximum Gasteiger partial charge on any atom is 0.253 e. The third-order valence-corrected chi connectivity index (χ3v) is 3.69. The minimum Gasteiger partial charge on any atom is -0.376 e. The van der Waals surface area contributed by atoms with Crippen LogP contribution in [0.4, 0.5) is 5.82 Å². The number of nitrogens with one attached hydrogen (secondary N) is 1. The number of hydrogen-bond donors (Lipinski definition) is 1. The van der Waals surface area contributed by atoms with Gasteiger partial charge in [0.05, 0.1) is 6.10 Å². The second kappa shape index (κ2) is 7.61. The zero-order chi connectivity index (χ0) is 15.2. The summed E-state index contributed by atoms with van der Waals surface area (Å²) >= 11 is 5.98. The number of halogens is 1. The molecule has 5 nitrogen and oxygen atoms in total. The number of carbonyl (C=O) groups is 1. The summed E-state index contributed by atoms with van der Waals surface area (Å²) < 4.78 is 5.68. The van der Waals surface area contributed by atoms with Crippen molar-refractivity contribution in [1.29, 1.82) is 0 Å². The summed E-state index contributed by atoms with van der Waals surface area (Å²) in [6, 6.07) is 3.33. The normalized spacial score (nSPS) is 18.3. The Hall–Kier alpha value is -1.33. The first kappa shape index (κ1) is 16.0. The van der Waals surface area contributed by atoms with Crippen molar-refractivity contribution in [2.75, 3.05) is 32.1 Å². The minimum absolute atomic E-state index is 0.0624. The summed E-state index contributed by atoms with van der Waals surface area (Å²) in [5.41, 5.74) is 0.546. The quantitative estimate of drug-likeness (QED) is 0.850. The average molecular weight is 312 g/mol. The topological polar surface area (TPSA) is 54.5 Å². The predicted octanol–water partition coefficient (Wildman–Crippen LogP) is 2.81. The number of pyridine rings is 1. The highest BCUT2D eigenvalue weighted by Crippen LogP contribution is 2.18. The van der Waals surface area contributed by atoms with Gasteiger partial charge in [0.25, 0.3) is 5.91 Å². The Morgan fingerprint density at radius 3 is 3.00 bits per heavy atom. The van der Waals surface area contributed by atoms with E-state index in [4.69, 9.17) is 16.3 Å². The number of carbonyl (C=O) groups excluding carboxylic acids is 1. The van der Waals surface area contributed by atoms with E-state index in [9.17, 15) is 4.79 Å². The highest BCUT2D eigenvalue weighted by molar-refractivity contribution is 6.29. The standard InChI is InChI=1S/C15H22ClN3O2/c1-3-17-14-9-11(8-13(16)18-14)15(20)19(2)10-12-6-4-5-7-21-12/h8-9,12H,3-7,10H2,1-2H3,(H,17,18). The van der Waals surface area contributed by atoms with E-state index >= 15 is 0 Å². The van der Waals surface area contributed by atoms with Crippen LogP contribution in [0.25, 0.3) is 0 Å². The van der Waals surface area contributed by atoms with Crippen molar-refractivity contribution >= 4 is 23.3 Å². The molecule has 0 saturated carbocycles. The van der Waals surface area contributed by atoms with Crippen molar-refractivity contribution in [3.05, 3.63) is 22.8 Å². The van der Waals surface area contributed by atoms with Crippen LogP contribution < -0.4 is 5.32 Å². The molecule has 2 heterocycles. The molecule has 1 saturated heterocycles. The van der Waals surface area contributed by atoms with Crippen LogP contribution in [0.3, 0.4) is 0 Å². The van der Waals surface area contributed by atoms with E-state index in [0.29, 0.717) is 23.1 Å². The van der Waals surface area contributed by atoms with Crippen LogP contribution in [0.1, 0.15) is 36.5 Å². The van der Waals surface area contributed by atoms with Crippen LogP contribution in [0.5, 0.6) is 0 Å². The summed E-state index contributed by atoms with van der Waals surface area (Å²) in [6.45, 7) is 4.09. The van der Waals surface area contributed by atoms with Crippen molar-refractivity contribution in [3.8, 4) is 0 Å². The van der Waals surface area contributed by atoms with Crippen LogP contribution in [-0.4, -0.2) is 48.6 Å². The summed E-state index contributed by atoms with van der Waals surface area (Å²) in [5.74, 6) is 0.559. The second-order valence-corrected chi connectivity index (χ2v) is 5.66. The van der Waals surface area contributed by atoms with Crippen molar-refractivity contribution in [2.45, 2.75) is 32.3 Å². The highest BCUT2D eigenvalue weighted by Gasteiger charge is 2.20. The lowest BCUT2D eigenvalue weighted by Gasteiger charge is -2.27.